The molecule has 0 bridgehead atoms. The van der Waals surface area contributed by atoms with E-state index in [9.17, 15) is 0 Å². The lowest BCUT2D eigenvalue weighted by Gasteiger charge is -2.21. The van der Waals surface area contributed by atoms with E-state index < -0.39 is 0 Å². The lowest BCUT2D eigenvalue weighted by molar-refractivity contribution is 0.442. The first kappa shape index (κ1) is 23.3. The van der Waals surface area contributed by atoms with Crippen LogP contribution in [-0.2, 0) is 0 Å². The van der Waals surface area contributed by atoms with Crippen LogP contribution in [0.2, 0.25) is 0 Å². The fourth-order valence-electron chi connectivity index (χ4n) is 6.93. The number of hydrogen-bond donors (Lipinski definition) is 1. The Morgan fingerprint density at radius 1 is 0.525 bits per heavy atom. The van der Waals surface area contributed by atoms with Crippen molar-refractivity contribution in [2.45, 2.75) is 38.0 Å². The van der Waals surface area contributed by atoms with Gasteiger partial charge in [-0.1, -0.05) is 122 Å². The van der Waals surface area contributed by atoms with Crippen molar-refractivity contribution in [1.82, 2.24) is 0 Å². The first-order valence-corrected chi connectivity index (χ1v) is 14.6. The van der Waals surface area contributed by atoms with Gasteiger partial charge in [-0.25, -0.2) is 0 Å². The van der Waals surface area contributed by atoms with E-state index in [1.807, 2.05) is 0 Å². The summed E-state index contributed by atoms with van der Waals surface area (Å²) < 4.78 is 6.90. The van der Waals surface area contributed by atoms with Crippen molar-refractivity contribution >= 4 is 54.9 Å². The standard InChI is InChI=1S/C38H31NO/c1-2-12-26(13-3-1)30-20-11-22-33-36-29-18-7-5-15-27(29)24-35(38(36)40-37(30)33)39-34-23-9-8-19-32(34)31-21-10-16-25-14-4-6-17-28(25)31/h4-11,14-24,26,39H,1-3,12-13H2. The van der Waals surface area contributed by atoms with E-state index in [0.717, 1.165) is 22.5 Å². The van der Waals surface area contributed by atoms with Crippen LogP contribution in [0.3, 0.4) is 0 Å². The molecule has 1 aliphatic rings. The van der Waals surface area contributed by atoms with E-state index in [-0.39, 0.29) is 0 Å². The quantitative estimate of drug-likeness (QED) is 0.251. The second-order valence-corrected chi connectivity index (χ2v) is 11.2. The number of nitrogens with one attached hydrogen (secondary N) is 1. The number of fused-ring (bicyclic) bond motifs is 6. The highest BCUT2D eigenvalue weighted by Crippen LogP contribution is 2.45. The van der Waals surface area contributed by atoms with Gasteiger partial charge in [0.2, 0.25) is 0 Å². The van der Waals surface area contributed by atoms with Crippen LogP contribution in [-0.4, -0.2) is 0 Å². The minimum atomic E-state index is 0.577. The van der Waals surface area contributed by atoms with Crippen molar-refractivity contribution in [3.8, 4) is 11.1 Å². The molecule has 2 heteroatoms. The summed E-state index contributed by atoms with van der Waals surface area (Å²) in [7, 11) is 0. The Bertz CT molecular complexity index is 2020. The van der Waals surface area contributed by atoms with Crippen LogP contribution in [0.5, 0.6) is 0 Å². The molecule has 2 nitrogen and oxygen atoms in total. The summed E-state index contributed by atoms with van der Waals surface area (Å²) in [6.45, 7) is 0. The molecule has 7 aromatic rings. The molecular weight excluding hydrogens is 486 g/mol. The van der Waals surface area contributed by atoms with Gasteiger partial charge in [0.15, 0.2) is 5.58 Å². The van der Waals surface area contributed by atoms with Gasteiger partial charge in [-0.3, -0.25) is 0 Å². The molecule has 8 rings (SSSR count). The minimum absolute atomic E-state index is 0.577. The van der Waals surface area contributed by atoms with Gasteiger partial charge >= 0.3 is 0 Å². The third-order valence-electron chi connectivity index (χ3n) is 8.84. The van der Waals surface area contributed by atoms with Crippen LogP contribution in [0.25, 0.3) is 54.6 Å². The van der Waals surface area contributed by atoms with Gasteiger partial charge < -0.3 is 9.73 Å². The fraction of sp³-hybridized carbons (Fsp3) is 0.158. The van der Waals surface area contributed by atoms with E-state index in [4.69, 9.17) is 4.42 Å². The third kappa shape index (κ3) is 3.78. The topological polar surface area (TPSA) is 25.2 Å². The van der Waals surface area contributed by atoms with Crippen LogP contribution in [0.15, 0.2) is 120 Å². The molecule has 6 aromatic carbocycles. The maximum atomic E-state index is 6.90. The molecule has 0 radical (unpaired) electrons. The van der Waals surface area contributed by atoms with Gasteiger partial charge in [0.1, 0.15) is 5.58 Å². The Kier molecular flexibility index (Phi) is 5.58. The van der Waals surface area contributed by atoms with Crippen molar-refractivity contribution in [2.24, 2.45) is 0 Å². The van der Waals surface area contributed by atoms with Crippen molar-refractivity contribution in [3.63, 3.8) is 0 Å². The molecule has 0 aliphatic heterocycles. The number of anilines is 2. The summed E-state index contributed by atoms with van der Waals surface area (Å²) in [6.07, 6.45) is 6.46. The average molecular weight is 518 g/mol. The van der Waals surface area contributed by atoms with Crippen LogP contribution in [0.4, 0.5) is 11.4 Å². The number of para-hydroxylation sites is 2. The molecule has 1 fully saturated rings. The maximum Gasteiger partial charge on any atom is 0.159 e. The summed E-state index contributed by atoms with van der Waals surface area (Å²) >= 11 is 0. The van der Waals surface area contributed by atoms with Gasteiger partial charge in [-0.15, -0.1) is 0 Å². The van der Waals surface area contributed by atoms with Gasteiger partial charge in [-0.2, -0.15) is 0 Å². The van der Waals surface area contributed by atoms with Crippen molar-refractivity contribution in [2.75, 3.05) is 5.32 Å². The lowest BCUT2D eigenvalue weighted by Crippen LogP contribution is -2.04. The summed E-state index contributed by atoms with van der Waals surface area (Å²) in [4.78, 5) is 0. The molecule has 40 heavy (non-hydrogen) atoms. The molecule has 0 amide bonds. The molecule has 1 N–H and O–H groups in total. The van der Waals surface area contributed by atoms with E-state index in [1.165, 1.54) is 81.1 Å². The first-order chi connectivity index (χ1) is 19.8. The summed E-state index contributed by atoms with van der Waals surface area (Å²) in [5, 5.41) is 11.2. The molecule has 1 aromatic heterocycles. The number of hydrogen-bond acceptors (Lipinski definition) is 2. The van der Waals surface area contributed by atoms with Crippen molar-refractivity contribution in [3.05, 3.63) is 121 Å². The highest BCUT2D eigenvalue weighted by molar-refractivity contribution is 6.23. The third-order valence-corrected chi connectivity index (χ3v) is 8.84. The van der Waals surface area contributed by atoms with Crippen LogP contribution in [0, 0.1) is 0 Å². The Hall–Kier alpha value is -4.56. The highest BCUT2D eigenvalue weighted by atomic mass is 16.3. The Morgan fingerprint density at radius 3 is 2.10 bits per heavy atom. The monoisotopic (exact) mass is 517 g/mol. The van der Waals surface area contributed by atoms with Crippen molar-refractivity contribution < 1.29 is 4.42 Å². The summed E-state index contributed by atoms with van der Waals surface area (Å²) in [6, 6.07) is 41.5. The molecule has 1 saturated carbocycles. The number of furan rings is 1. The minimum Gasteiger partial charge on any atom is -0.454 e. The molecule has 1 aliphatic carbocycles. The Labute approximate surface area is 234 Å². The lowest BCUT2D eigenvalue weighted by atomic mass is 9.83. The maximum absolute atomic E-state index is 6.90. The summed E-state index contributed by atoms with van der Waals surface area (Å²) in [5.74, 6) is 0.577. The van der Waals surface area contributed by atoms with Crippen LogP contribution < -0.4 is 5.32 Å². The van der Waals surface area contributed by atoms with E-state index in [0.29, 0.717) is 5.92 Å². The van der Waals surface area contributed by atoms with E-state index in [2.05, 4.69) is 121 Å². The SMILES string of the molecule is c1ccc(-c2cccc3ccccc23)c(Nc2cc3ccccc3c3c2oc2c(C4CCCCC4)cccc23)c1. The zero-order valence-corrected chi connectivity index (χ0v) is 22.5. The van der Waals surface area contributed by atoms with E-state index in [1.54, 1.807) is 0 Å². The zero-order chi connectivity index (χ0) is 26.5. The predicted molar refractivity (Wildman–Crippen MR) is 170 cm³/mol. The normalized spacial score (nSPS) is 14.4. The zero-order valence-electron chi connectivity index (χ0n) is 22.5. The first-order valence-electron chi connectivity index (χ1n) is 14.6. The second kappa shape index (κ2) is 9.57. The smallest absolute Gasteiger partial charge is 0.159 e. The molecule has 0 unspecified atom stereocenters. The number of rotatable bonds is 4. The average Bonchev–Trinajstić information content (AvgIpc) is 3.42. The van der Waals surface area contributed by atoms with Crippen LogP contribution in [0.1, 0.15) is 43.6 Å². The number of benzene rings is 6. The largest absolute Gasteiger partial charge is 0.454 e. The summed E-state index contributed by atoms with van der Waals surface area (Å²) in [5.41, 5.74) is 7.85. The molecule has 0 spiro atoms. The van der Waals surface area contributed by atoms with Gasteiger partial charge in [0.25, 0.3) is 0 Å². The molecular formula is C38H31NO. The Balaban J connectivity index is 1.35. The van der Waals surface area contributed by atoms with Crippen molar-refractivity contribution in [1.29, 1.82) is 0 Å². The molecule has 0 saturated heterocycles. The molecule has 0 atom stereocenters. The van der Waals surface area contributed by atoms with Crippen LogP contribution >= 0.6 is 0 Å². The predicted octanol–water partition coefficient (Wildman–Crippen LogP) is 11.4. The van der Waals surface area contributed by atoms with Gasteiger partial charge in [-0.05, 0) is 63.6 Å². The Morgan fingerprint density at radius 2 is 1.20 bits per heavy atom. The molecule has 1 heterocycles. The van der Waals surface area contributed by atoms with Gasteiger partial charge in [0.05, 0.1) is 5.69 Å². The highest BCUT2D eigenvalue weighted by Gasteiger charge is 2.23. The molecule has 194 valence electrons. The van der Waals surface area contributed by atoms with Gasteiger partial charge in [0, 0.05) is 22.0 Å². The fourth-order valence-corrected chi connectivity index (χ4v) is 6.93. The van der Waals surface area contributed by atoms with E-state index >= 15 is 0 Å². The second-order valence-electron chi connectivity index (χ2n) is 11.2.